The Bertz CT molecular complexity index is 333. The second-order valence-corrected chi connectivity index (χ2v) is 19.9. The first-order valence-electron chi connectivity index (χ1n) is 8.00. The summed E-state index contributed by atoms with van der Waals surface area (Å²) < 4.78 is 29.6. The Balaban J connectivity index is 2.48. The molecule has 9 heteroatoms. The van der Waals surface area contributed by atoms with Gasteiger partial charge in [-0.3, -0.25) is 0 Å². The summed E-state index contributed by atoms with van der Waals surface area (Å²) in [6, 6.07) is 0.954. The van der Waals surface area contributed by atoms with Crippen LogP contribution in [0.3, 0.4) is 0 Å². The molecule has 2 radical (unpaired) electrons. The van der Waals surface area contributed by atoms with Crippen molar-refractivity contribution in [1.82, 2.24) is 0 Å². The van der Waals surface area contributed by atoms with Gasteiger partial charge in [-0.25, -0.2) is 0 Å². The van der Waals surface area contributed by atoms with E-state index >= 15 is 0 Å². The second kappa shape index (κ2) is 8.67. The molecule has 0 aromatic carbocycles. The van der Waals surface area contributed by atoms with Gasteiger partial charge in [-0.2, -0.15) is 0 Å². The van der Waals surface area contributed by atoms with Gasteiger partial charge in [0.05, 0.1) is 13.2 Å². The topological polar surface area (TPSA) is 49.5 Å². The average Bonchev–Trinajstić information content (AvgIpc) is 3.08. The Labute approximate surface area is 141 Å². The Morgan fingerprint density at radius 1 is 1.09 bits per heavy atom. The highest BCUT2D eigenvalue weighted by molar-refractivity contribution is 6.87. The molecule has 5 nitrogen and oxygen atoms in total. The van der Waals surface area contributed by atoms with E-state index in [1.54, 1.807) is 0 Å². The van der Waals surface area contributed by atoms with Gasteiger partial charge < -0.3 is 21.8 Å². The molecule has 1 heterocycles. The summed E-state index contributed by atoms with van der Waals surface area (Å²) in [5.41, 5.74) is 0. The molecular weight excluding hydrogens is 348 g/mol. The molecule has 0 aromatic heterocycles. The van der Waals surface area contributed by atoms with Crippen molar-refractivity contribution in [2.24, 2.45) is 0 Å². The summed E-state index contributed by atoms with van der Waals surface area (Å²) in [6.45, 7) is 17.4. The van der Waals surface area contributed by atoms with Crippen molar-refractivity contribution in [2.75, 3.05) is 19.8 Å². The summed E-state index contributed by atoms with van der Waals surface area (Å²) in [5.74, 6) is 0. The molecule has 0 saturated carbocycles. The summed E-state index contributed by atoms with van der Waals surface area (Å²) in [4.78, 5) is 0. The van der Waals surface area contributed by atoms with E-state index in [4.69, 9.17) is 21.8 Å². The van der Waals surface area contributed by atoms with Gasteiger partial charge in [0, 0.05) is 6.61 Å². The molecule has 2 atom stereocenters. The molecular formula is C13H32O5Si4. The van der Waals surface area contributed by atoms with E-state index in [9.17, 15) is 0 Å². The van der Waals surface area contributed by atoms with Crippen LogP contribution in [-0.4, -0.2) is 61.1 Å². The predicted molar refractivity (Wildman–Crippen MR) is 97.3 cm³/mol. The third kappa shape index (κ3) is 9.73. The number of epoxide rings is 1. The molecule has 1 fully saturated rings. The van der Waals surface area contributed by atoms with E-state index < -0.39 is 25.4 Å². The molecule has 1 saturated heterocycles. The maximum absolute atomic E-state index is 6.48. The van der Waals surface area contributed by atoms with Crippen LogP contribution in [0, 0.1) is 0 Å². The maximum Gasteiger partial charge on any atom is 0.315 e. The van der Waals surface area contributed by atoms with Gasteiger partial charge in [0.1, 0.15) is 6.10 Å². The Morgan fingerprint density at radius 3 is 2.23 bits per heavy atom. The highest BCUT2D eigenvalue weighted by Crippen LogP contribution is 2.26. The average molecular weight is 381 g/mol. The van der Waals surface area contributed by atoms with Crippen molar-refractivity contribution in [3.63, 3.8) is 0 Å². The van der Waals surface area contributed by atoms with Crippen molar-refractivity contribution >= 4 is 35.2 Å². The zero-order valence-electron chi connectivity index (χ0n) is 15.2. The van der Waals surface area contributed by atoms with Gasteiger partial charge in [-0.05, 0) is 58.3 Å². The SMILES string of the molecule is C[Si]O[Si](C)(C)O[Si](C)(CCCOCC1CO1)O[Si](C)(C)C. The third-order valence-corrected chi connectivity index (χ3v) is 14.9. The van der Waals surface area contributed by atoms with Crippen LogP contribution in [-0.2, 0) is 21.8 Å². The standard InChI is InChI=1S/C13H32O5Si4/c1-19-16-21(5,6)18-22(7,17-20(2,3)4)10-8-9-14-11-13-12-15-13/h13H,8-12H2,1-7H3. The van der Waals surface area contributed by atoms with Crippen molar-refractivity contribution in [2.45, 2.75) is 64.4 Å². The van der Waals surface area contributed by atoms with Crippen LogP contribution in [0.5, 0.6) is 0 Å². The highest BCUT2D eigenvalue weighted by Gasteiger charge is 2.42. The largest absolute Gasteiger partial charge is 0.437 e. The summed E-state index contributed by atoms with van der Waals surface area (Å²) in [7, 11) is -5.51. The molecule has 130 valence electrons. The molecule has 0 aliphatic carbocycles. The molecule has 22 heavy (non-hydrogen) atoms. The van der Waals surface area contributed by atoms with E-state index in [0.717, 1.165) is 25.7 Å². The third-order valence-electron chi connectivity index (χ3n) is 2.96. The van der Waals surface area contributed by atoms with Gasteiger partial charge in [-0.1, -0.05) is 0 Å². The fraction of sp³-hybridized carbons (Fsp3) is 1.00. The fourth-order valence-electron chi connectivity index (χ4n) is 2.43. The number of rotatable bonds is 12. The first kappa shape index (κ1) is 20.7. The van der Waals surface area contributed by atoms with Gasteiger partial charge >= 0.3 is 17.1 Å². The Morgan fingerprint density at radius 2 is 1.73 bits per heavy atom. The van der Waals surface area contributed by atoms with Crippen LogP contribution in [0.15, 0.2) is 0 Å². The number of ether oxygens (including phenoxy) is 2. The molecule has 1 aliphatic heterocycles. The fourth-order valence-corrected chi connectivity index (χ4v) is 16.4. The lowest BCUT2D eigenvalue weighted by Gasteiger charge is -2.39. The lowest BCUT2D eigenvalue weighted by atomic mass is 10.5. The van der Waals surface area contributed by atoms with E-state index in [-0.39, 0.29) is 0 Å². The van der Waals surface area contributed by atoms with E-state index in [2.05, 4.69) is 39.3 Å². The lowest BCUT2D eigenvalue weighted by molar-refractivity contribution is 0.115. The zero-order chi connectivity index (χ0) is 16.9. The van der Waals surface area contributed by atoms with Crippen molar-refractivity contribution in [3.05, 3.63) is 0 Å². The summed E-state index contributed by atoms with van der Waals surface area (Å²) in [6.07, 6.45) is 1.31. The van der Waals surface area contributed by atoms with E-state index in [1.165, 1.54) is 0 Å². The molecule has 0 bridgehead atoms. The van der Waals surface area contributed by atoms with Crippen LogP contribution in [0.4, 0.5) is 0 Å². The van der Waals surface area contributed by atoms with Crippen LogP contribution >= 0.6 is 0 Å². The Kier molecular flexibility index (Phi) is 8.16. The number of hydrogen-bond acceptors (Lipinski definition) is 5. The van der Waals surface area contributed by atoms with Crippen molar-refractivity contribution in [3.8, 4) is 0 Å². The monoisotopic (exact) mass is 380 g/mol. The predicted octanol–water partition coefficient (Wildman–Crippen LogP) is 3.12. The summed E-state index contributed by atoms with van der Waals surface area (Å²) in [5, 5.41) is 0. The van der Waals surface area contributed by atoms with Crippen molar-refractivity contribution < 1.29 is 21.8 Å². The van der Waals surface area contributed by atoms with Gasteiger partial charge in [0.2, 0.25) is 9.76 Å². The molecule has 1 aliphatic rings. The highest BCUT2D eigenvalue weighted by atomic mass is 28.5. The number of hydrogen-bond donors (Lipinski definition) is 0. The van der Waals surface area contributed by atoms with Crippen LogP contribution in [0.2, 0.25) is 51.9 Å². The smallest absolute Gasteiger partial charge is 0.315 e. The molecule has 0 amide bonds. The summed E-state index contributed by atoms with van der Waals surface area (Å²) >= 11 is 0. The van der Waals surface area contributed by atoms with Gasteiger partial charge in [-0.15, -0.1) is 0 Å². The maximum atomic E-state index is 6.48. The molecule has 0 spiro atoms. The lowest BCUT2D eigenvalue weighted by Crippen LogP contribution is -2.54. The molecule has 0 aromatic rings. The van der Waals surface area contributed by atoms with Crippen LogP contribution in [0.1, 0.15) is 6.42 Å². The van der Waals surface area contributed by atoms with E-state index in [1.807, 2.05) is 6.55 Å². The van der Waals surface area contributed by atoms with Crippen LogP contribution < -0.4 is 0 Å². The normalized spacial score (nSPS) is 21.7. The van der Waals surface area contributed by atoms with Crippen LogP contribution in [0.25, 0.3) is 0 Å². The first-order chi connectivity index (χ1) is 10.1. The first-order valence-corrected chi connectivity index (χ1v) is 18.2. The molecule has 0 N–H and O–H groups in total. The second-order valence-electron chi connectivity index (χ2n) is 7.29. The zero-order valence-corrected chi connectivity index (χ0v) is 19.2. The van der Waals surface area contributed by atoms with Gasteiger partial charge in [0.25, 0.3) is 0 Å². The van der Waals surface area contributed by atoms with E-state index in [0.29, 0.717) is 22.5 Å². The minimum Gasteiger partial charge on any atom is -0.437 e. The molecule has 2 unspecified atom stereocenters. The van der Waals surface area contributed by atoms with Gasteiger partial charge in [0.15, 0.2) is 8.32 Å². The quantitative estimate of drug-likeness (QED) is 0.296. The Hall–Kier alpha value is 0.668. The van der Waals surface area contributed by atoms with Crippen molar-refractivity contribution in [1.29, 1.82) is 0 Å². The molecule has 1 rings (SSSR count). The minimum absolute atomic E-state index is 0.336. The minimum atomic E-state index is -2.23.